The highest BCUT2D eigenvalue weighted by Gasteiger charge is 2.11. The molecule has 0 radical (unpaired) electrons. The summed E-state index contributed by atoms with van der Waals surface area (Å²) in [5.74, 6) is 0. The highest BCUT2D eigenvalue weighted by atomic mass is 16.6. The number of nitro groups is 1. The standard InChI is InChI=1S/C8H6N2O2/c11-10(12)8-2-1-6-4-9-5-7(6)3-8/h1-4H,5H2. The Labute approximate surface area is 68.7 Å². The number of hydrogen-bond donors (Lipinski definition) is 0. The van der Waals surface area contributed by atoms with Crippen molar-refractivity contribution in [2.45, 2.75) is 6.54 Å². The molecule has 12 heavy (non-hydrogen) atoms. The Morgan fingerprint density at radius 2 is 2.33 bits per heavy atom. The molecule has 4 nitrogen and oxygen atoms in total. The van der Waals surface area contributed by atoms with Crippen molar-refractivity contribution < 1.29 is 4.92 Å². The molecular formula is C8H6N2O2. The molecule has 60 valence electrons. The van der Waals surface area contributed by atoms with Gasteiger partial charge in [0.15, 0.2) is 0 Å². The molecule has 0 bridgehead atoms. The summed E-state index contributed by atoms with van der Waals surface area (Å²) in [6, 6.07) is 4.79. The maximum atomic E-state index is 10.4. The summed E-state index contributed by atoms with van der Waals surface area (Å²) in [5.41, 5.74) is 2.06. The lowest BCUT2D eigenvalue weighted by atomic mass is 10.1. The van der Waals surface area contributed by atoms with Gasteiger partial charge in [-0.1, -0.05) is 0 Å². The van der Waals surface area contributed by atoms with Crippen LogP contribution < -0.4 is 0 Å². The van der Waals surface area contributed by atoms with Crippen molar-refractivity contribution in [3.63, 3.8) is 0 Å². The summed E-state index contributed by atoms with van der Waals surface area (Å²) in [6.45, 7) is 0.566. The fourth-order valence-corrected chi connectivity index (χ4v) is 1.21. The quantitative estimate of drug-likeness (QED) is 0.464. The van der Waals surface area contributed by atoms with Gasteiger partial charge in [0.1, 0.15) is 0 Å². The van der Waals surface area contributed by atoms with Crippen molar-refractivity contribution in [2.75, 3.05) is 0 Å². The van der Waals surface area contributed by atoms with Gasteiger partial charge in [0.2, 0.25) is 0 Å². The van der Waals surface area contributed by atoms with E-state index in [1.807, 2.05) is 0 Å². The molecule has 1 aliphatic heterocycles. The van der Waals surface area contributed by atoms with Crippen molar-refractivity contribution in [1.29, 1.82) is 0 Å². The Hall–Kier alpha value is -1.71. The van der Waals surface area contributed by atoms with Gasteiger partial charge in [-0.2, -0.15) is 0 Å². The zero-order valence-electron chi connectivity index (χ0n) is 6.23. The molecule has 2 rings (SSSR count). The summed E-state index contributed by atoms with van der Waals surface area (Å²) < 4.78 is 0. The minimum atomic E-state index is -0.390. The SMILES string of the molecule is O=[N+]([O-])c1ccc2c(c1)CN=C2. The van der Waals surface area contributed by atoms with Gasteiger partial charge >= 0.3 is 0 Å². The van der Waals surface area contributed by atoms with E-state index in [4.69, 9.17) is 0 Å². The lowest BCUT2D eigenvalue weighted by Crippen LogP contribution is -1.90. The number of nitro benzene ring substituents is 1. The molecular weight excluding hydrogens is 156 g/mol. The topological polar surface area (TPSA) is 55.5 Å². The zero-order valence-corrected chi connectivity index (χ0v) is 6.23. The van der Waals surface area contributed by atoms with Crippen molar-refractivity contribution in [3.8, 4) is 0 Å². The van der Waals surface area contributed by atoms with Gasteiger partial charge in [-0.05, 0) is 17.2 Å². The second-order valence-electron chi connectivity index (χ2n) is 2.61. The van der Waals surface area contributed by atoms with Crippen LogP contribution >= 0.6 is 0 Å². The average molecular weight is 162 g/mol. The number of benzene rings is 1. The van der Waals surface area contributed by atoms with E-state index in [9.17, 15) is 10.1 Å². The van der Waals surface area contributed by atoms with Gasteiger partial charge < -0.3 is 0 Å². The van der Waals surface area contributed by atoms with Crippen molar-refractivity contribution >= 4 is 11.9 Å². The van der Waals surface area contributed by atoms with E-state index in [0.29, 0.717) is 6.54 Å². The van der Waals surface area contributed by atoms with Crippen LogP contribution in [0.25, 0.3) is 0 Å². The van der Waals surface area contributed by atoms with Gasteiger partial charge in [0.25, 0.3) is 5.69 Å². The van der Waals surface area contributed by atoms with Crippen molar-refractivity contribution in [1.82, 2.24) is 0 Å². The predicted molar refractivity (Wildman–Crippen MR) is 44.4 cm³/mol. The molecule has 1 heterocycles. The van der Waals surface area contributed by atoms with Crippen LogP contribution in [-0.2, 0) is 6.54 Å². The van der Waals surface area contributed by atoms with E-state index in [-0.39, 0.29) is 5.69 Å². The fraction of sp³-hybridized carbons (Fsp3) is 0.125. The third-order valence-corrected chi connectivity index (χ3v) is 1.83. The Balaban J connectivity index is 2.49. The van der Waals surface area contributed by atoms with Crippen LogP contribution in [0.3, 0.4) is 0 Å². The van der Waals surface area contributed by atoms with Gasteiger partial charge in [-0.3, -0.25) is 15.1 Å². The van der Waals surface area contributed by atoms with Crippen LogP contribution in [0.1, 0.15) is 11.1 Å². The normalized spacial score (nSPS) is 13.0. The van der Waals surface area contributed by atoms with Gasteiger partial charge in [-0.25, -0.2) is 0 Å². The number of hydrogen-bond acceptors (Lipinski definition) is 3. The molecule has 0 amide bonds. The van der Waals surface area contributed by atoms with Crippen LogP contribution in [0.5, 0.6) is 0 Å². The number of aliphatic imine (C=N–C) groups is 1. The van der Waals surface area contributed by atoms with Gasteiger partial charge in [0.05, 0.1) is 11.5 Å². The van der Waals surface area contributed by atoms with Crippen LogP contribution in [0, 0.1) is 10.1 Å². The Bertz CT molecular complexity index is 371. The molecule has 0 saturated carbocycles. The predicted octanol–water partition coefficient (Wildman–Crippen LogP) is 1.53. The monoisotopic (exact) mass is 162 g/mol. The highest BCUT2D eigenvalue weighted by molar-refractivity contribution is 5.84. The summed E-state index contributed by atoms with van der Waals surface area (Å²) in [6.07, 6.45) is 1.74. The van der Waals surface area contributed by atoms with Gasteiger partial charge in [0, 0.05) is 18.3 Å². The molecule has 1 aromatic carbocycles. The summed E-state index contributed by atoms with van der Waals surface area (Å²) >= 11 is 0. The molecule has 0 unspecified atom stereocenters. The van der Waals surface area contributed by atoms with E-state index in [1.165, 1.54) is 6.07 Å². The maximum Gasteiger partial charge on any atom is 0.269 e. The third kappa shape index (κ3) is 0.972. The average Bonchev–Trinajstić information content (AvgIpc) is 2.49. The lowest BCUT2D eigenvalue weighted by Gasteiger charge is -1.95. The molecule has 0 saturated heterocycles. The molecule has 1 aliphatic rings. The summed E-state index contributed by atoms with van der Waals surface area (Å²) in [7, 11) is 0. The van der Waals surface area contributed by atoms with E-state index in [0.717, 1.165) is 11.1 Å². The Morgan fingerprint density at radius 3 is 3.08 bits per heavy atom. The number of fused-ring (bicyclic) bond motifs is 1. The molecule has 0 fully saturated rings. The second-order valence-corrected chi connectivity index (χ2v) is 2.61. The van der Waals surface area contributed by atoms with Crippen LogP contribution in [0.2, 0.25) is 0 Å². The summed E-state index contributed by atoms with van der Waals surface area (Å²) in [4.78, 5) is 14.0. The van der Waals surface area contributed by atoms with Gasteiger partial charge in [-0.15, -0.1) is 0 Å². The van der Waals surface area contributed by atoms with E-state index < -0.39 is 4.92 Å². The smallest absolute Gasteiger partial charge is 0.269 e. The van der Waals surface area contributed by atoms with Crippen LogP contribution in [0.15, 0.2) is 23.2 Å². The zero-order chi connectivity index (χ0) is 8.55. The number of non-ortho nitro benzene ring substituents is 1. The largest absolute Gasteiger partial charge is 0.288 e. The Morgan fingerprint density at radius 1 is 1.50 bits per heavy atom. The Kier molecular flexibility index (Phi) is 1.40. The fourth-order valence-electron chi connectivity index (χ4n) is 1.21. The lowest BCUT2D eigenvalue weighted by molar-refractivity contribution is -0.384. The van der Waals surface area contributed by atoms with E-state index >= 15 is 0 Å². The first-order chi connectivity index (χ1) is 5.77. The minimum Gasteiger partial charge on any atom is -0.288 e. The molecule has 1 aromatic rings. The highest BCUT2D eigenvalue weighted by Crippen LogP contribution is 2.20. The first-order valence-corrected chi connectivity index (χ1v) is 3.54. The van der Waals surface area contributed by atoms with Crippen molar-refractivity contribution in [3.05, 3.63) is 39.4 Å². The number of rotatable bonds is 1. The maximum absolute atomic E-state index is 10.4. The second kappa shape index (κ2) is 2.41. The first-order valence-electron chi connectivity index (χ1n) is 3.54. The molecule has 0 aromatic heterocycles. The van der Waals surface area contributed by atoms with Crippen LogP contribution in [-0.4, -0.2) is 11.1 Å². The molecule has 0 aliphatic carbocycles. The molecule has 0 atom stereocenters. The van der Waals surface area contributed by atoms with Crippen LogP contribution in [0.4, 0.5) is 5.69 Å². The number of nitrogens with zero attached hydrogens (tertiary/aromatic N) is 2. The first kappa shape index (κ1) is 6.97. The third-order valence-electron chi connectivity index (χ3n) is 1.83. The van der Waals surface area contributed by atoms with Crippen molar-refractivity contribution in [2.24, 2.45) is 4.99 Å². The van der Waals surface area contributed by atoms with E-state index in [1.54, 1.807) is 18.3 Å². The molecule has 0 N–H and O–H groups in total. The summed E-state index contributed by atoms with van der Waals surface area (Å²) in [5, 5.41) is 10.4. The minimum absolute atomic E-state index is 0.138. The molecule has 4 heteroatoms. The molecule has 0 spiro atoms. The van der Waals surface area contributed by atoms with E-state index in [2.05, 4.69) is 4.99 Å².